The van der Waals surface area contributed by atoms with Crippen LogP contribution >= 0.6 is 0 Å². The average molecular weight is 212 g/mol. The molecule has 0 saturated carbocycles. The summed E-state index contributed by atoms with van der Waals surface area (Å²) in [6, 6.07) is 2.87. The lowest BCUT2D eigenvalue weighted by Crippen LogP contribution is -2.30. The highest BCUT2D eigenvalue weighted by molar-refractivity contribution is 5.06. The van der Waals surface area contributed by atoms with E-state index in [0.717, 1.165) is 0 Å². The summed E-state index contributed by atoms with van der Waals surface area (Å²) in [5.41, 5.74) is -0.240. The highest BCUT2D eigenvalue weighted by Gasteiger charge is 2.11. The van der Waals surface area contributed by atoms with Gasteiger partial charge in [-0.15, -0.1) is 5.10 Å². The van der Waals surface area contributed by atoms with Crippen LogP contribution in [-0.4, -0.2) is 28.1 Å². The Morgan fingerprint density at radius 3 is 2.73 bits per heavy atom. The van der Waals surface area contributed by atoms with Crippen molar-refractivity contribution in [2.45, 2.75) is 26.5 Å². The third kappa shape index (κ3) is 3.06. The first-order valence-electron chi connectivity index (χ1n) is 4.85. The molecule has 0 radical (unpaired) electrons. The second-order valence-corrected chi connectivity index (χ2v) is 3.71. The summed E-state index contributed by atoms with van der Waals surface area (Å²) in [6.45, 7) is 3.96. The van der Waals surface area contributed by atoms with Gasteiger partial charge in [0.1, 0.15) is 0 Å². The smallest absolute Gasteiger partial charge is 0.267 e. The topological polar surface area (TPSA) is 64.3 Å². The zero-order valence-electron chi connectivity index (χ0n) is 9.17. The van der Waals surface area contributed by atoms with Gasteiger partial charge in [-0.2, -0.15) is 0 Å². The molecular weight excluding hydrogens is 196 g/mol. The Labute approximate surface area is 88.3 Å². The highest BCUT2D eigenvalue weighted by Crippen LogP contribution is 2.04. The van der Waals surface area contributed by atoms with Crippen molar-refractivity contribution in [1.82, 2.24) is 9.78 Å². The molecule has 0 bridgehead atoms. The van der Waals surface area contributed by atoms with Crippen molar-refractivity contribution < 1.29 is 9.84 Å². The molecule has 0 fully saturated rings. The molecule has 5 heteroatoms. The Bertz CT molecular complexity index is 373. The molecule has 1 heterocycles. The van der Waals surface area contributed by atoms with Gasteiger partial charge >= 0.3 is 0 Å². The molecule has 15 heavy (non-hydrogen) atoms. The minimum atomic E-state index is -0.581. The van der Waals surface area contributed by atoms with Gasteiger partial charge in [0.25, 0.3) is 5.56 Å². The summed E-state index contributed by atoms with van der Waals surface area (Å²) < 4.78 is 6.11. The Morgan fingerprint density at radius 1 is 1.53 bits per heavy atom. The van der Waals surface area contributed by atoms with Crippen molar-refractivity contribution >= 4 is 0 Å². The van der Waals surface area contributed by atoms with E-state index in [0.29, 0.717) is 5.88 Å². The van der Waals surface area contributed by atoms with Crippen molar-refractivity contribution in [2.75, 3.05) is 7.11 Å². The van der Waals surface area contributed by atoms with Gasteiger partial charge in [0.2, 0.25) is 5.88 Å². The number of hydrogen-bond donors (Lipinski definition) is 1. The zero-order valence-corrected chi connectivity index (χ0v) is 9.17. The molecule has 1 unspecified atom stereocenters. The van der Waals surface area contributed by atoms with Crippen molar-refractivity contribution in [3.63, 3.8) is 0 Å². The van der Waals surface area contributed by atoms with Crippen molar-refractivity contribution in [3.05, 3.63) is 22.5 Å². The van der Waals surface area contributed by atoms with Crippen LogP contribution in [0.4, 0.5) is 0 Å². The molecule has 0 saturated heterocycles. The van der Waals surface area contributed by atoms with E-state index in [9.17, 15) is 9.90 Å². The molecule has 0 aliphatic rings. The summed E-state index contributed by atoms with van der Waals surface area (Å²) in [6.07, 6.45) is -0.581. The maximum Gasteiger partial charge on any atom is 0.267 e. The van der Waals surface area contributed by atoms with E-state index in [1.807, 2.05) is 13.8 Å². The van der Waals surface area contributed by atoms with E-state index >= 15 is 0 Å². The number of nitrogens with zero attached hydrogens (tertiary/aromatic N) is 2. The number of ether oxygens (including phenoxy) is 1. The average Bonchev–Trinajstić information content (AvgIpc) is 2.21. The fourth-order valence-corrected chi connectivity index (χ4v) is 1.06. The molecule has 5 nitrogen and oxygen atoms in total. The molecule has 1 aromatic rings. The van der Waals surface area contributed by atoms with Crippen LogP contribution < -0.4 is 10.3 Å². The number of hydrogen-bond acceptors (Lipinski definition) is 4. The molecule has 1 N–H and O–H groups in total. The Kier molecular flexibility index (Phi) is 3.85. The van der Waals surface area contributed by atoms with Gasteiger partial charge in [-0.05, 0) is 5.92 Å². The molecule has 0 aromatic carbocycles. The normalized spacial score (nSPS) is 12.9. The van der Waals surface area contributed by atoms with E-state index in [1.165, 1.54) is 23.9 Å². The monoisotopic (exact) mass is 212 g/mol. The van der Waals surface area contributed by atoms with Crippen LogP contribution in [0.25, 0.3) is 0 Å². The summed E-state index contributed by atoms with van der Waals surface area (Å²) in [4.78, 5) is 11.4. The first-order valence-corrected chi connectivity index (χ1v) is 4.85. The Balaban J connectivity index is 2.88. The SMILES string of the molecule is COc1ccc(=O)n(CC(O)C(C)C)n1. The highest BCUT2D eigenvalue weighted by atomic mass is 16.5. The van der Waals surface area contributed by atoms with E-state index in [1.54, 1.807) is 0 Å². The standard InChI is InChI=1S/C10H16N2O3/c1-7(2)8(13)6-12-10(14)5-4-9(11-12)15-3/h4-5,7-8,13H,6H2,1-3H3. The molecule has 84 valence electrons. The minimum Gasteiger partial charge on any atom is -0.480 e. The minimum absolute atomic E-state index is 0.0879. The predicted molar refractivity (Wildman–Crippen MR) is 55.9 cm³/mol. The van der Waals surface area contributed by atoms with Gasteiger partial charge < -0.3 is 9.84 Å². The Hall–Kier alpha value is -1.36. The number of methoxy groups -OCH3 is 1. The quantitative estimate of drug-likeness (QED) is 0.778. The first kappa shape index (κ1) is 11.7. The molecular formula is C10H16N2O3. The second-order valence-electron chi connectivity index (χ2n) is 3.71. The first-order chi connectivity index (χ1) is 7.04. The van der Waals surface area contributed by atoms with Crippen LogP contribution in [0, 0.1) is 5.92 Å². The number of aliphatic hydroxyl groups is 1. The lowest BCUT2D eigenvalue weighted by Gasteiger charge is -2.15. The fraction of sp³-hybridized carbons (Fsp3) is 0.600. The van der Waals surface area contributed by atoms with Crippen LogP contribution in [0.3, 0.4) is 0 Å². The van der Waals surface area contributed by atoms with Gasteiger partial charge in [0.15, 0.2) is 0 Å². The van der Waals surface area contributed by atoms with Gasteiger partial charge in [0.05, 0.1) is 19.8 Å². The molecule has 0 aliphatic heterocycles. The summed E-state index contributed by atoms with van der Waals surface area (Å²) in [5, 5.41) is 13.6. The number of aliphatic hydroxyl groups excluding tert-OH is 1. The third-order valence-corrected chi connectivity index (χ3v) is 2.18. The molecule has 0 aliphatic carbocycles. The Morgan fingerprint density at radius 2 is 2.20 bits per heavy atom. The van der Waals surface area contributed by atoms with Crippen LogP contribution in [-0.2, 0) is 6.54 Å². The van der Waals surface area contributed by atoms with E-state index in [2.05, 4.69) is 5.10 Å². The largest absolute Gasteiger partial charge is 0.480 e. The lowest BCUT2D eigenvalue weighted by molar-refractivity contribution is 0.100. The van der Waals surface area contributed by atoms with E-state index < -0.39 is 6.10 Å². The van der Waals surface area contributed by atoms with Gasteiger partial charge in [0, 0.05) is 12.1 Å². The second kappa shape index (κ2) is 4.93. The molecule has 1 rings (SSSR count). The summed E-state index contributed by atoms with van der Waals surface area (Å²) in [5.74, 6) is 0.454. The van der Waals surface area contributed by atoms with Crippen LogP contribution in [0.1, 0.15) is 13.8 Å². The maximum absolute atomic E-state index is 11.4. The molecule has 1 aromatic heterocycles. The van der Waals surface area contributed by atoms with Crippen molar-refractivity contribution in [2.24, 2.45) is 5.92 Å². The molecule has 0 amide bonds. The van der Waals surface area contributed by atoms with E-state index in [-0.39, 0.29) is 18.0 Å². The van der Waals surface area contributed by atoms with Gasteiger partial charge in [-0.3, -0.25) is 4.79 Å². The molecule has 0 spiro atoms. The number of rotatable bonds is 4. The van der Waals surface area contributed by atoms with Crippen molar-refractivity contribution in [1.29, 1.82) is 0 Å². The van der Waals surface area contributed by atoms with Crippen molar-refractivity contribution in [3.8, 4) is 5.88 Å². The van der Waals surface area contributed by atoms with Crippen LogP contribution in [0.15, 0.2) is 16.9 Å². The lowest BCUT2D eigenvalue weighted by atomic mass is 10.1. The molecule has 1 atom stereocenters. The fourth-order valence-electron chi connectivity index (χ4n) is 1.06. The predicted octanol–water partition coefficient (Wildman–Crippen LogP) is 0.269. The summed E-state index contributed by atoms with van der Waals surface area (Å²) >= 11 is 0. The van der Waals surface area contributed by atoms with E-state index in [4.69, 9.17) is 4.74 Å². The van der Waals surface area contributed by atoms with Crippen LogP contribution in [0.2, 0.25) is 0 Å². The van der Waals surface area contributed by atoms with Gasteiger partial charge in [-0.1, -0.05) is 13.8 Å². The van der Waals surface area contributed by atoms with Gasteiger partial charge in [-0.25, -0.2) is 4.68 Å². The number of aromatic nitrogens is 2. The van der Waals surface area contributed by atoms with Crippen LogP contribution in [0.5, 0.6) is 5.88 Å². The maximum atomic E-state index is 11.4. The third-order valence-electron chi connectivity index (χ3n) is 2.18. The summed E-state index contributed by atoms with van der Waals surface area (Å²) in [7, 11) is 1.48. The zero-order chi connectivity index (χ0) is 11.4.